The lowest BCUT2D eigenvalue weighted by atomic mass is 9.98. The van der Waals surface area contributed by atoms with Crippen LogP contribution in [0.25, 0.3) is 0 Å². The average Bonchev–Trinajstić information content (AvgIpc) is 0.780. The summed E-state index contributed by atoms with van der Waals surface area (Å²) in [6.07, 6.45) is 9.32. The number of phenols is 1. The fourth-order valence-electron chi connectivity index (χ4n) is 12.4. The van der Waals surface area contributed by atoms with Crippen molar-refractivity contribution in [3.8, 4) is 110 Å². The molecule has 138 heavy (non-hydrogen) atoms. The van der Waals surface area contributed by atoms with Crippen molar-refractivity contribution in [1.29, 1.82) is 5.26 Å². The molecule has 2 amide bonds. The molecule has 29 N–H and O–H groups in total. The van der Waals surface area contributed by atoms with Crippen molar-refractivity contribution in [2.75, 3.05) is 116 Å². The van der Waals surface area contributed by atoms with E-state index in [1.165, 1.54) is 117 Å². The summed E-state index contributed by atoms with van der Waals surface area (Å²) in [5.74, 6) is 5.11. The highest BCUT2D eigenvalue weighted by Gasteiger charge is 2.27. The molecule has 0 saturated carbocycles. The number of amides is 2. The fraction of sp³-hybridized carbons (Fsp3) is 0.286. The third-order valence-corrected chi connectivity index (χ3v) is 20.4. The van der Waals surface area contributed by atoms with Crippen LogP contribution in [0.1, 0.15) is 202 Å². The van der Waals surface area contributed by atoms with Gasteiger partial charge in [-0.2, -0.15) is 35.2 Å². The van der Waals surface area contributed by atoms with Crippen LogP contribution in [0.4, 0.5) is 76.3 Å². The number of Topliss-reactive ketones (excluding diaryl/α,β-unsaturated/α-hetero) is 1. The molecule has 0 fully saturated rings. The standard InChI is InChI=1S/C16H21N5O3.C15H19N5O3.C15H17N5O2.C15H20N4O4S.C15H18N4O4.C15H18N4O3/c1-8(2)10-5-13(23-4)11(20-9(3)22)6-12(10)24-14-7-19-16(18)21-15(14)17;1-7(2)8-4-10(22-3)9(14(17)21)5-11(8)23-12-6-19-15(18)20-13(12)16;1-8(2)10-5-11(21-3)9(6-16)4-12(10)22-13-7-19-15(18)20-14(13)17;1-8(2)9-5-11(22-3)13(24(4,20)21)6-10(9)23-12-7-18-15(17)19-14(12)16;1-7(2)8-4-10(22-3)9(14(20)21)5-11(8)23-12-6-18-15(17)19-13(12)16;1-7(2)9-4-11(21)10(8(3)20)5-12(9)22-13-6-18-15(17)19-14(13)16/h5-8H,1-4H3,(H,20,22)(H4,17,18,19,21);4-7H,1-3H3,(H2,17,21)(H4,16,18,19,20);4-5,7-8H,1-3H3,(H4,17,18,19,20);5-8H,1-4H3,(H4,16,17,18,19);4-7H,1-3H3,(H,20,21)(H4,16,17,18,19);4-7,21H,1-3H3,(H4,16,17,18,19). The summed E-state index contributed by atoms with van der Waals surface area (Å²) >= 11 is 0. The van der Waals surface area contributed by atoms with E-state index < -0.39 is 21.7 Å². The number of nitriles is 1. The van der Waals surface area contributed by atoms with Crippen molar-refractivity contribution in [3.63, 3.8) is 0 Å². The summed E-state index contributed by atoms with van der Waals surface area (Å²) in [6.45, 7) is 26.5. The number of carbonyl (C=O) groups excluding carboxylic acids is 3. The third kappa shape index (κ3) is 28.8. The number of nitrogens with one attached hydrogen (secondary N) is 1. The summed E-state index contributed by atoms with van der Waals surface area (Å²) in [5, 5.41) is 31.2. The number of rotatable bonds is 28. The fourth-order valence-corrected chi connectivity index (χ4v) is 13.2. The van der Waals surface area contributed by atoms with Gasteiger partial charge in [0.15, 0.2) is 85.0 Å². The molecule has 0 aliphatic carbocycles. The number of carbonyl (C=O) groups is 4. The number of carboxylic acids is 1. The van der Waals surface area contributed by atoms with Gasteiger partial charge in [-0.05, 0) is 97.0 Å². The normalized spacial score (nSPS) is 10.7. The number of methoxy groups -OCH3 is 5. The SMILES string of the molecule is CC(=O)c1cc(Oc2cnc(N)nc2N)c(C(C)C)cc1O.COc1cc(C(C)C)c(Oc2cnc(N)nc2N)cc1C#N.COc1cc(C(C)C)c(Oc2cnc(N)nc2N)cc1C(=O)O.COc1cc(C(C)C)c(Oc2cnc(N)nc2N)cc1C(N)=O.COc1cc(C(C)C)c(Oc2cnc(N)nc2N)cc1NC(C)=O.COc1cc(C(C)C)c(Oc2cnc(N)nc2N)cc1S(C)(=O)=O. The number of phenolic OH excluding ortho intramolecular Hbond substituents is 1. The number of sulfone groups is 1. The Kier molecular flexibility index (Phi) is 37.2. The van der Waals surface area contributed by atoms with Crippen molar-refractivity contribution in [1.82, 2.24) is 59.8 Å². The zero-order valence-electron chi connectivity index (χ0n) is 79.4. The van der Waals surface area contributed by atoms with Gasteiger partial charge in [-0.3, -0.25) is 14.4 Å². The summed E-state index contributed by atoms with van der Waals surface area (Å²) in [4.78, 5) is 92.1. The maximum Gasteiger partial charge on any atom is 0.339 e. The van der Waals surface area contributed by atoms with E-state index in [-0.39, 0.29) is 191 Å². The summed E-state index contributed by atoms with van der Waals surface area (Å²) in [7, 11) is 3.85. The summed E-state index contributed by atoms with van der Waals surface area (Å²) in [6, 6.07) is 21.3. The highest BCUT2D eigenvalue weighted by molar-refractivity contribution is 7.90. The van der Waals surface area contributed by atoms with Gasteiger partial charge >= 0.3 is 5.97 Å². The van der Waals surface area contributed by atoms with Crippen molar-refractivity contribution >= 4 is 110 Å². The van der Waals surface area contributed by atoms with Gasteiger partial charge in [-0.15, -0.1) is 0 Å². The minimum absolute atomic E-state index is 0.0122. The van der Waals surface area contributed by atoms with E-state index in [1.54, 1.807) is 36.4 Å². The van der Waals surface area contributed by atoms with Gasteiger partial charge in [0, 0.05) is 64.8 Å². The second kappa shape index (κ2) is 47.7. The smallest absolute Gasteiger partial charge is 0.339 e. The Bertz CT molecular complexity index is 6480. The Morgan fingerprint density at radius 1 is 0.348 bits per heavy atom. The maximum absolute atomic E-state index is 12.0. The number of carboxylic acid groups (broad SMARTS) is 1. The number of nitrogens with zero attached hydrogens (tertiary/aromatic N) is 13. The van der Waals surface area contributed by atoms with E-state index in [4.69, 9.17) is 127 Å². The quantitative estimate of drug-likeness (QED) is 0.0203. The molecular weight excluding hydrogens is 1810 g/mol. The van der Waals surface area contributed by atoms with E-state index in [0.717, 1.165) is 39.6 Å². The number of aromatic carboxylic acids is 1. The molecule has 0 unspecified atom stereocenters. The number of ether oxygens (including phenoxy) is 11. The molecule has 0 aliphatic heterocycles. The molecule has 732 valence electrons. The first-order chi connectivity index (χ1) is 64.8. The monoisotopic (exact) mass is 1920 g/mol. The van der Waals surface area contributed by atoms with Gasteiger partial charge in [0.2, 0.25) is 41.6 Å². The number of ketones is 1. The number of nitrogens with two attached hydrogens (primary N) is 13. The Balaban J connectivity index is 0.000000225. The summed E-state index contributed by atoms with van der Waals surface area (Å²) < 4.78 is 84.8. The number of benzene rings is 6. The predicted octanol–water partition coefficient (Wildman–Crippen LogP) is 13.3. The van der Waals surface area contributed by atoms with Gasteiger partial charge in [-0.1, -0.05) is 83.1 Å². The van der Waals surface area contributed by atoms with Crippen LogP contribution in [-0.4, -0.2) is 144 Å². The topological polar surface area (TPSA) is 773 Å². The Hall–Kier alpha value is -17.5. The zero-order valence-corrected chi connectivity index (χ0v) is 80.2. The molecular formula is C91H113N27O19S. The first-order valence-corrected chi connectivity index (χ1v) is 43.5. The van der Waals surface area contributed by atoms with Gasteiger partial charge in [0.05, 0.1) is 95.1 Å². The average molecular weight is 1920 g/mol. The van der Waals surface area contributed by atoms with Crippen molar-refractivity contribution in [3.05, 3.63) is 166 Å². The second-order valence-corrected chi connectivity index (χ2v) is 33.5. The molecule has 0 saturated heterocycles. The molecule has 46 nitrogen and oxygen atoms in total. The van der Waals surface area contributed by atoms with Gasteiger partial charge in [0.1, 0.15) is 85.5 Å². The largest absolute Gasteiger partial charge is 0.507 e. The number of anilines is 13. The molecule has 0 aliphatic rings. The van der Waals surface area contributed by atoms with Crippen molar-refractivity contribution in [2.24, 2.45) is 5.73 Å². The lowest BCUT2D eigenvalue weighted by molar-refractivity contribution is -0.114. The molecule has 0 atom stereocenters. The molecule has 0 bridgehead atoms. The van der Waals surface area contributed by atoms with Crippen molar-refractivity contribution in [2.45, 2.75) is 137 Å². The van der Waals surface area contributed by atoms with Gasteiger partial charge in [0.25, 0.3) is 5.91 Å². The third-order valence-electron chi connectivity index (χ3n) is 19.3. The highest BCUT2D eigenvalue weighted by atomic mass is 32.2. The lowest BCUT2D eigenvalue weighted by Gasteiger charge is -2.18. The van der Waals surface area contributed by atoms with E-state index in [9.17, 15) is 43.1 Å². The molecule has 6 aromatic carbocycles. The van der Waals surface area contributed by atoms with Gasteiger partial charge < -0.3 is 142 Å². The number of aromatic hydroxyl groups is 1. The van der Waals surface area contributed by atoms with E-state index in [0.29, 0.717) is 63.0 Å². The second-order valence-electron chi connectivity index (χ2n) is 31.5. The number of nitrogen functional groups attached to an aromatic ring is 12. The molecule has 12 rings (SSSR count). The van der Waals surface area contributed by atoms with Crippen LogP contribution in [0.15, 0.2) is 115 Å². The van der Waals surface area contributed by atoms with Crippen LogP contribution in [0.5, 0.6) is 103 Å². The molecule has 47 heteroatoms. The van der Waals surface area contributed by atoms with Crippen LogP contribution in [0.2, 0.25) is 0 Å². The number of hydrogen-bond acceptors (Lipinski definition) is 43. The predicted molar refractivity (Wildman–Crippen MR) is 521 cm³/mol. The van der Waals surface area contributed by atoms with Crippen LogP contribution in [0.3, 0.4) is 0 Å². The minimum atomic E-state index is -3.51. The van der Waals surface area contributed by atoms with Crippen LogP contribution in [0, 0.1) is 11.3 Å². The first kappa shape index (κ1) is 108. The lowest BCUT2D eigenvalue weighted by Crippen LogP contribution is -2.13. The highest BCUT2D eigenvalue weighted by Crippen LogP contribution is 2.46. The Morgan fingerprint density at radius 3 is 0.862 bits per heavy atom. The summed E-state index contributed by atoms with van der Waals surface area (Å²) in [5.41, 5.74) is 78.9. The number of primary amides is 1. The first-order valence-electron chi connectivity index (χ1n) is 41.6. The van der Waals surface area contributed by atoms with Crippen LogP contribution in [-0.2, 0) is 14.6 Å². The van der Waals surface area contributed by atoms with E-state index in [2.05, 4.69) is 71.2 Å². The Morgan fingerprint density at radius 2 is 0.601 bits per heavy atom. The Labute approximate surface area is 795 Å². The molecule has 6 aromatic heterocycles. The minimum Gasteiger partial charge on any atom is -0.507 e. The number of hydrogen-bond donors (Lipinski definition) is 16. The molecule has 0 spiro atoms. The maximum atomic E-state index is 12.0. The molecule has 12 aromatic rings. The van der Waals surface area contributed by atoms with Gasteiger partial charge in [-0.25, -0.2) is 43.1 Å². The van der Waals surface area contributed by atoms with E-state index >= 15 is 0 Å². The zero-order chi connectivity index (χ0) is 103. The molecule has 0 radical (unpaired) electrons. The van der Waals surface area contributed by atoms with Crippen LogP contribution < -0.4 is 132 Å². The van der Waals surface area contributed by atoms with Crippen molar-refractivity contribution < 1.29 is 89.9 Å². The molecule has 6 heterocycles. The number of aromatic nitrogens is 12. The van der Waals surface area contributed by atoms with Crippen LogP contribution >= 0.6 is 0 Å². The van der Waals surface area contributed by atoms with E-state index in [1.807, 2.05) is 89.2 Å².